The van der Waals surface area contributed by atoms with Gasteiger partial charge in [-0.1, -0.05) is 24.3 Å². The van der Waals surface area contributed by atoms with Crippen molar-refractivity contribution < 1.29 is 27.4 Å². The van der Waals surface area contributed by atoms with E-state index in [9.17, 15) is 18.5 Å². The first-order valence-electron chi connectivity index (χ1n) is 11.2. The number of carbonyl (C=O) groups is 1. The van der Waals surface area contributed by atoms with Crippen molar-refractivity contribution in [1.29, 1.82) is 5.26 Å². The molecule has 2 aromatic carbocycles. The van der Waals surface area contributed by atoms with Crippen LogP contribution in [0.25, 0.3) is 6.08 Å². The summed E-state index contributed by atoms with van der Waals surface area (Å²) in [5.41, 5.74) is 1.33. The molecule has 194 valence electrons. The highest BCUT2D eigenvalue weighted by atomic mass is 32.2. The molecule has 0 spiro atoms. The number of amides is 1. The van der Waals surface area contributed by atoms with E-state index in [2.05, 4.69) is 14.7 Å². The minimum absolute atomic E-state index is 0.0281. The molecule has 0 bridgehead atoms. The molecular weight excluding hydrogens is 516 g/mol. The first-order valence-corrected chi connectivity index (χ1v) is 13.5. The lowest BCUT2D eigenvalue weighted by Gasteiger charge is -2.13. The molecular formula is C25H26N4O6S2. The molecule has 1 heterocycles. The van der Waals surface area contributed by atoms with Crippen LogP contribution in [0.2, 0.25) is 0 Å². The minimum atomic E-state index is -3.68. The molecule has 0 atom stereocenters. The number of para-hydroxylation sites is 1. The van der Waals surface area contributed by atoms with Gasteiger partial charge in [-0.25, -0.2) is 8.42 Å². The van der Waals surface area contributed by atoms with Gasteiger partial charge in [0.05, 0.1) is 12.4 Å². The maximum atomic E-state index is 12.6. The Morgan fingerprint density at radius 2 is 1.84 bits per heavy atom. The summed E-state index contributed by atoms with van der Waals surface area (Å²) in [7, 11) is -2.20. The average Bonchev–Trinajstić information content (AvgIpc) is 3.35. The second-order valence-electron chi connectivity index (χ2n) is 7.97. The number of aryl methyl sites for hydroxylation is 1. The molecule has 1 aromatic heterocycles. The quantitative estimate of drug-likeness (QED) is 0.216. The van der Waals surface area contributed by atoms with Gasteiger partial charge in [0.15, 0.2) is 11.5 Å². The summed E-state index contributed by atoms with van der Waals surface area (Å²) in [6.45, 7) is 5.59. The zero-order valence-electron chi connectivity index (χ0n) is 20.7. The standard InChI is InChI=1S/C25H26N4O6S2/c1-16(2)37(31,32)25-28-24(36-29-25)27-23(30)19(15-26)13-18-9-10-21(22(14-18)33-4)35-12-11-34-20-8-6-5-7-17(20)3/h5-10,13-14,16H,11-12H2,1-4H3,(H,27,28,29,30). The van der Waals surface area contributed by atoms with Crippen molar-refractivity contribution in [1.82, 2.24) is 9.36 Å². The van der Waals surface area contributed by atoms with E-state index in [-0.39, 0.29) is 22.5 Å². The van der Waals surface area contributed by atoms with Crippen LogP contribution in [-0.2, 0) is 14.6 Å². The number of methoxy groups -OCH3 is 1. The largest absolute Gasteiger partial charge is 0.493 e. The highest BCUT2D eigenvalue weighted by molar-refractivity contribution is 7.91. The Labute approximate surface area is 219 Å². The van der Waals surface area contributed by atoms with Crippen LogP contribution >= 0.6 is 11.5 Å². The number of benzene rings is 2. The summed E-state index contributed by atoms with van der Waals surface area (Å²) in [5, 5.41) is 10.8. The van der Waals surface area contributed by atoms with Crippen LogP contribution in [0.5, 0.6) is 17.2 Å². The molecule has 37 heavy (non-hydrogen) atoms. The van der Waals surface area contributed by atoms with E-state index in [0.29, 0.717) is 23.7 Å². The van der Waals surface area contributed by atoms with Crippen molar-refractivity contribution >= 4 is 38.5 Å². The highest BCUT2D eigenvalue weighted by Crippen LogP contribution is 2.29. The molecule has 1 amide bonds. The van der Waals surface area contributed by atoms with Crippen molar-refractivity contribution in [3.63, 3.8) is 0 Å². The number of carbonyl (C=O) groups excluding carboxylic acids is 1. The summed E-state index contributed by atoms with van der Waals surface area (Å²) < 4.78 is 45.1. The van der Waals surface area contributed by atoms with E-state index in [1.54, 1.807) is 18.2 Å². The number of nitrogens with zero attached hydrogens (tertiary/aromatic N) is 3. The number of sulfone groups is 1. The van der Waals surface area contributed by atoms with E-state index >= 15 is 0 Å². The van der Waals surface area contributed by atoms with Gasteiger partial charge in [0.25, 0.3) is 11.1 Å². The van der Waals surface area contributed by atoms with Gasteiger partial charge in [-0.15, -0.1) is 0 Å². The molecule has 3 aromatic rings. The summed E-state index contributed by atoms with van der Waals surface area (Å²) in [6.07, 6.45) is 1.37. The topological polar surface area (TPSA) is 140 Å². The Kier molecular flexibility index (Phi) is 9.21. The van der Waals surface area contributed by atoms with E-state index in [4.69, 9.17) is 14.2 Å². The van der Waals surface area contributed by atoms with E-state index < -0.39 is 21.0 Å². The lowest BCUT2D eigenvalue weighted by Crippen LogP contribution is -2.16. The highest BCUT2D eigenvalue weighted by Gasteiger charge is 2.25. The molecule has 0 fully saturated rings. The van der Waals surface area contributed by atoms with Crippen molar-refractivity contribution in [2.75, 3.05) is 25.6 Å². The Morgan fingerprint density at radius 3 is 2.49 bits per heavy atom. The van der Waals surface area contributed by atoms with Crippen LogP contribution in [-0.4, -0.2) is 49.3 Å². The first kappa shape index (κ1) is 27.6. The normalized spacial score (nSPS) is 11.6. The van der Waals surface area contributed by atoms with E-state index in [1.165, 1.54) is 27.0 Å². The number of anilines is 1. The van der Waals surface area contributed by atoms with Crippen LogP contribution in [0.3, 0.4) is 0 Å². The van der Waals surface area contributed by atoms with Crippen LogP contribution in [0.4, 0.5) is 5.13 Å². The molecule has 0 radical (unpaired) electrons. The van der Waals surface area contributed by atoms with Gasteiger partial charge in [-0.05, 0) is 56.2 Å². The first-order chi connectivity index (χ1) is 17.6. The molecule has 0 aliphatic carbocycles. The smallest absolute Gasteiger partial charge is 0.268 e. The van der Waals surface area contributed by atoms with Gasteiger partial charge in [-0.2, -0.15) is 14.6 Å². The molecule has 0 saturated heterocycles. The summed E-state index contributed by atoms with van der Waals surface area (Å²) in [4.78, 5) is 16.5. The SMILES string of the molecule is COc1cc(C=C(C#N)C(=O)Nc2nc(S(=O)(=O)C(C)C)ns2)ccc1OCCOc1ccccc1C. The van der Waals surface area contributed by atoms with Gasteiger partial charge in [-0.3, -0.25) is 10.1 Å². The third kappa shape index (κ3) is 7.05. The van der Waals surface area contributed by atoms with Gasteiger partial charge in [0.2, 0.25) is 15.0 Å². The number of hydrogen-bond acceptors (Lipinski definition) is 10. The third-order valence-electron chi connectivity index (χ3n) is 5.06. The molecule has 12 heteroatoms. The van der Waals surface area contributed by atoms with Crippen LogP contribution < -0.4 is 19.5 Å². The number of aromatic nitrogens is 2. The molecule has 1 N–H and O–H groups in total. The fourth-order valence-electron chi connectivity index (χ4n) is 2.98. The van der Waals surface area contributed by atoms with E-state index in [1.807, 2.05) is 37.3 Å². The Balaban J connectivity index is 1.66. The van der Waals surface area contributed by atoms with Gasteiger partial charge in [0.1, 0.15) is 30.6 Å². The molecule has 0 saturated carbocycles. The summed E-state index contributed by atoms with van der Waals surface area (Å²) >= 11 is 0.717. The predicted octanol–water partition coefficient (Wildman–Crippen LogP) is 4.04. The maximum Gasteiger partial charge on any atom is 0.268 e. The van der Waals surface area contributed by atoms with Crippen LogP contribution in [0.15, 0.2) is 53.2 Å². The molecule has 0 unspecified atom stereocenters. The second kappa shape index (κ2) is 12.3. The number of hydrogen-bond donors (Lipinski definition) is 1. The molecule has 10 nitrogen and oxygen atoms in total. The maximum absolute atomic E-state index is 12.6. The fourth-order valence-corrected chi connectivity index (χ4v) is 4.68. The number of nitriles is 1. The monoisotopic (exact) mass is 542 g/mol. The Hall–Kier alpha value is -3.95. The second-order valence-corrected chi connectivity index (χ2v) is 11.1. The Bertz CT molecular complexity index is 1440. The Morgan fingerprint density at radius 1 is 1.14 bits per heavy atom. The lowest BCUT2D eigenvalue weighted by atomic mass is 10.1. The van der Waals surface area contributed by atoms with Gasteiger partial charge >= 0.3 is 0 Å². The van der Waals surface area contributed by atoms with Gasteiger partial charge < -0.3 is 14.2 Å². The molecule has 0 aliphatic rings. The fraction of sp³-hybridized carbons (Fsp3) is 0.280. The van der Waals surface area contributed by atoms with Crippen molar-refractivity contribution in [3.05, 3.63) is 59.2 Å². The predicted molar refractivity (Wildman–Crippen MR) is 140 cm³/mol. The molecule has 0 aliphatic heterocycles. The van der Waals surface area contributed by atoms with Gasteiger partial charge in [0, 0.05) is 11.5 Å². The third-order valence-corrected chi connectivity index (χ3v) is 7.74. The summed E-state index contributed by atoms with van der Waals surface area (Å²) in [5.74, 6) is 0.922. The average molecular weight is 543 g/mol. The lowest BCUT2D eigenvalue weighted by molar-refractivity contribution is -0.112. The van der Waals surface area contributed by atoms with Crippen molar-refractivity contribution in [3.8, 4) is 23.3 Å². The number of ether oxygens (including phenoxy) is 3. The van der Waals surface area contributed by atoms with Crippen LogP contribution in [0.1, 0.15) is 25.0 Å². The van der Waals surface area contributed by atoms with Crippen molar-refractivity contribution in [2.45, 2.75) is 31.2 Å². The zero-order valence-corrected chi connectivity index (χ0v) is 22.4. The molecule has 3 rings (SSSR count). The zero-order chi connectivity index (χ0) is 27.0. The number of nitrogens with one attached hydrogen (secondary N) is 1. The number of rotatable bonds is 11. The van der Waals surface area contributed by atoms with E-state index in [0.717, 1.165) is 22.8 Å². The van der Waals surface area contributed by atoms with Crippen LogP contribution in [0, 0.1) is 18.3 Å². The minimum Gasteiger partial charge on any atom is -0.493 e. The van der Waals surface area contributed by atoms with Crippen molar-refractivity contribution in [2.24, 2.45) is 0 Å². The summed E-state index contributed by atoms with van der Waals surface area (Å²) in [6, 6.07) is 14.5.